The Bertz CT molecular complexity index is 579. The van der Waals surface area contributed by atoms with Gasteiger partial charge < -0.3 is 10.1 Å². The van der Waals surface area contributed by atoms with Gasteiger partial charge in [-0.1, -0.05) is 24.3 Å². The van der Waals surface area contributed by atoms with E-state index in [1.54, 1.807) is 19.2 Å². The Balaban J connectivity index is 1.74. The van der Waals surface area contributed by atoms with Gasteiger partial charge in [0.05, 0.1) is 13.5 Å². The van der Waals surface area contributed by atoms with Crippen molar-refractivity contribution in [2.75, 3.05) is 13.7 Å². The number of nitrogens with one attached hydrogen (secondary N) is 1. The van der Waals surface area contributed by atoms with Gasteiger partial charge in [0.1, 0.15) is 11.6 Å². The summed E-state index contributed by atoms with van der Waals surface area (Å²) in [5, 5.41) is 2.86. The maximum Gasteiger partial charge on any atom is 0.224 e. The summed E-state index contributed by atoms with van der Waals surface area (Å²) in [6.07, 6.45) is 1.03. The molecule has 0 aliphatic carbocycles. The molecule has 1 amide bonds. The summed E-state index contributed by atoms with van der Waals surface area (Å²) in [6.45, 7) is 0.576. The predicted molar refractivity (Wildman–Crippen MR) is 79.8 cm³/mol. The quantitative estimate of drug-likeness (QED) is 0.887. The molecule has 0 fully saturated rings. The number of hydrogen-bond donors (Lipinski definition) is 1. The van der Waals surface area contributed by atoms with Gasteiger partial charge in [-0.25, -0.2) is 4.39 Å². The second-order valence-electron chi connectivity index (χ2n) is 4.75. The first-order valence-corrected chi connectivity index (χ1v) is 6.81. The van der Waals surface area contributed by atoms with Crippen LogP contribution in [-0.2, 0) is 17.6 Å². The van der Waals surface area contributed by atoms with Gasteiger partial charge in [0.15, 0.2) is 0 Å². The Morgan fingerprint density at radius 2 is 1.67 bits per heavy atom. The zero-order valence-electron chi connectivity index (χ0n) is 11.9. The number of rotatable bonds is 6. The monoisotopic (exact) mass is 287 g/mol. The van der Waals surface area contributed by atoms with Gasteiger partial charge in [-0.05, 0) is 41.8 Å². The normalized spacial score (nSPS) is 10.2. The van der Waals surface area contributed by atoms with Crippen molar-refractivity contribution in [2.45, 2.75) is 12.8 Å². The summed E-state index contributed by atoms with van der Waals surface area (Å²) in [7, 11) is 1.63. The first kappa shape index (κ1) is 15.0. The maximum absolute atomic E-state index is 12.8. The van der Waals surface area contributed by atoms with Crippen molar-refractivity contribution in [3.05, 3.63) is 65.5 Å². The highest BCUT2D eigenvalue weighted by Gasteiger charge is 2.03. The highest BCUT2D eigenvalue weighted by Crippen LogP contribution is 2.11. The average molecular weight is 287 g/mol. The topological polar surface area (TPSA) is 38.3 Å². The van der Waals surface area contributed by atoms with Gasteiger partial charge in [0.2, 0.25) is 5.91 Å². The Kier molecular flexibility index (Phi) is 5.32. The first-order valence-electron chi connectivity index (χ1n) is 6.81. The lowest BCUT2D eigenvalue weighted by molar-refractivity contribution is -0.120. The number of carbonyl (C=O) groups excluding carboxylic acids is 1. The number of benzene rings is 2. The Labute approximate surface area is 123 Å². The van der Waals surface area contributed by atoms with Gasteiger partial charge in [0, 0.05) is 6.54 Å². The fourth-order valence-corrected chi connectivity index (χ4v) is 1.99. The molecule has 0 aliphatic heterocycles. The number of carbonyl (C=O) groups is 1. The highest BCUT2D eigenvalue weighted by molar-refractivity contribution is 5.78. The molecule has 0 aromatic heterocycles. The van der Waals surface area contributed by atoms with Crippen LogP contribution in [0.25, 0.3) is 0 Å². The van der Waals surface area contributed by atoms with Crippen LogP contribution in [0, 0.1) is 5.82 Å². The van der Waals surface area contributed by atoms with Crippen LogP contribution < -0.4 is 10.1 Å². The molecule has 0 aliphatic rings. The van der Waals surface area contributed by atoms with Crippen LogP contribution in [0.4, 0.5) is 4.39 Å². The zero-order valence-corrected chi connectivity index (χ0v) is 11.9. The van der Waals surface area contributed by atoms with Gasteiger partial charge in [0.25, 0.3) is 0 Å². The molecule has 2 aromatic carbocycles. The lowest BCUT2D eigenvalue weighted by Gasteiger charge is -2.06. The summed E-state index contributed by atoms with van der Waals surface area (Å²) in [4.78, 5) is 11.8. The molecule has 0 radical (unpaired) electrons. The minimum atomic E-state index is -0.293. The molecule has 4 heteroatoms. The van der Waals surface area contributed by atoms with Crippen LogP contribution in [0.15, 0.2) is 48.5 Å². The van der Waals surface area contributed by atoms with E-state index in [1.165, 1.54) is 12.1 Å². The average Bonchev–Trinajstić information content (AvgIpc) is 2.50. The molecule has 0 saturated heterocycles. The highest BCUT2D eigenvalue weighted by atomic mass is 19.1. The van der Waals surface area contributed by atoms with E-state index in [1.807, 2.05) is 24.3 Å². The number of amides is 1. The van der Waals surface area contributed by atoms with Crippen molar-refractivity contribution in [3.8, 4) is 5.75 Å². The van der Waals surface area contributed by atoms with Crippen LogP contribution in [0.2, 0.25) is 0 Å². The van der Waals surface area contributed by atoms with Crippen LogP contribution in [0.1, 0.15) is 11.1 Å². The Morgan fingerprint density at radius 1 is 1.05 bits per heavy atom. The molecular formula is C17H18FNO2. The first-order chi connectivity index (χ1) is 10.2. The molecule has 2 aromatic rings. The SMILES string of the molecule is COc1ccc(CCNC(=O)Cc2ccc(F)cc2)cc1. The lowest BCUT2D eigenvalue weighted by atomic mass is 10.1. The van der Waals surface area contributed by atoms with E-state index in [-0.39, 0.29) is 18.1 Å². The van der Waals surface area contributed by atoms with Crippen LogP contribution in [0.5, 0.6) is 5.75 Å². The smallest absolute Gasteiger partial charge is 0.224 e. The van der Waals surface area contributed by atoms with Crippen molar-refractivity contribution >= 4 is 5.91 Å². The maximum atomic E-state index is 12.8. The van der Waals surface area contributed by atoms with E-state index < -0.39 is 0 Å². The summed E-state index contributed by atoms with van der Waals surface area (Å²) in [5.41, 5.74) is 1.94. The lowest BCUT2D eigenvalue weighted by Crippen LogP contribution is -2.27. The Morgan fingerprint density at radius 3 is 2.29 bits per heavy atom. The van der Waals surface area contributed by atoms with E-state index in [2.05, 4.69) is 5.32 Å². The number of ether oxygens (including phenoxy) is 1. The Hall–Kier alpha value is -2.36. The van der Waals surface area contributed by atoms with Crippen molar-refractivity contribution < 1.29 is 13.9 Å². The largest absolute Gasteiger partial charge is 0.497 e. The minimum absolute atomic E-state index is 0.0601. The standard InChI is InChI=1S/C17H18FNO2/c1-21-16-8-4-13(5-9-16)10-11-19-17(20)12-14-2-6-15(18)7-3-14/h2-9H,10-12H2,1H3,(H,19,20). The fraction of sp³-hybridized carbons (Fsp3) is 0.235. The fourth-order valence-electron chi connectivity index (χ4n) is 1.99. The van der Waals surface area contributed by atoms with Crippen molar-refractivity contribution in [3.63, 3.8) is 0 Å². The molecule has 0 unspecified atom stereocenters. The molecule has 2 rings (SSSR count). The van der Waals surface area contributed by atoms with E-state index >= 15 is 0 Å². The second kappa shape index (κ2) is 7.43. The molecule has 0 spiro atoms. The second-order valence-corrected chi connectivity index (χ2v) is 4.75. The number of methoxy groups -OCH3 is 1. The molecule has 0 bridgehead atoms. The minimum Gasteiger partial charge on any atom is -0.497 e. The van der Waals surface area contributed by atoms with E-state index in [9.17, 15) is 9.18 Å². The molecule has 21 heavy (non-hydrogen) atoms. The number of hydrogen-bond acceptors (Lipinski definition) is 2. The van der Waals surface area contributed by atoms with Crippen LogP contribution in [-0.4, -0.2) is 19.6 Å². The predicted octanol–water partition coefficient (Wildman–Crippen LogP) is 2.74. The zero-order chi connectivity index (χ0) is 15.1. The van der Waals surface area contributed by atoms with Crippen molar-refractivity contribution in [1.82, 2.24) is 5.32 Å². The van der Waals surface area contributed by atoms with E-state index in [0.29, 0.717) is 6.54 Å². The summed E-state index contributed by atoms with van der Waals surface area (Å²) in [6, 6.07) is 13.7. The van der Waals surface area contributed by atoms with Gasteiger partial charge >= 0.3 is 0 Å². The summed E-state index contributed by atoms with van der Waals surface area (Å²) < 4.78 is 17.8. The van der Waals surface area contributed by atoms with Crippen LogP contribution in [0.3, 0.4) is 0 Å². The third kappa shape index (κ3) is 4.91. The molecule has 110 valence electrons. The third-order valence-corrected chi connectivity index (χ3v) is 3.17. The molecule has 1 N–H and O–H groups in total. The molecule has 0 atom stereocenters. The molecule has 0 saturated carbocycles. The van der Waals surface area contributed by atoms with Gasteiger partial charge in [-0.15, -0.1) is 0 Å². The third-order valence-electron chi connectivity index (χ3n) is 3.17. The van der Waals surface area contributed by atoms with E-state index in [0.717, 1.165) is 23.3 Å². The molecule has 3 nitrogen and oxygen atoms in total. The summed E-state index contributed by atoms with van der Waals surface area (Å²) >= 11 is 0. The van der Waals surface area contributed by atoms with E-state index in [4.69, 9.17) is 4.74 Å². The number of halogens is 1. The van der Waals surface area contributed by atoms with Gasteiger partial charge in [-0.3, -0.25) is 4.79 Å². The van der Waals surface area contributed by atoms with Crippen molar-refractivity contribution in [1.29, 1.82) is 0 Å². The van der Waals surface area contributed by atoms with Gasteiger partial charge in [-0.2, -0.15) is 0 Å². The molecule has 0 heterocycles. The van der Waals surface area contributed by atoms with Crippen LogP contribution >= 0.6 is 0 Å². The summed E-state index contributed by atoms with van der Waals surface area (Å²) in [5.74, 6) is 0.466. The van der Waals surface area contributed by atoms with Crippen molar-refractivity contribution in [2.24, 2.45) is 0 Å². The molecular weight excluding hydrogens is 269 g/mol.